The van der Waals surface area contributed by atoms with Crippen molar-refractivity contribution in [3.05, 3.63) is 34.9 Å². The number of hydrogen-bond donors (Lipinski definition) is 1. The zero-order chi connectivity index (χ0) is 14.5. The smallest absolute Gasteiger partial charge is 0.229 e. The Bertz CT molecular complexity index is 459. The molecule has 21 heavy (non-hydrogen) atoms. The summed E-state index contributed by atoms with van der Waals surface area (Å²) in [6, 6.07) is 7.60. The van der Waals surface area contributed by atoms with E-state index < -0.39 is 0 Å². The average Bonchev–Trinajstić information content (AvgIpc) is 2.47. The predicted molar refractivity (Wildman–Crippen MR) is 90.3 cm³/mol. The number of carbonyl (C=O) groups is 1. The van der Waals surface area contributed by atoms with Crippen LogP contribution < -0.4 is 5.32 Å². The summed E-state index contributed by atoms with van der Waals surface area (Å²) in [6.07, 6.45) is 2.18. The summed E-state index contributed by atoms with van der Waals surface area (Å²) in [4.78, 5) is 14.5. The van der Waals surface area contributed by atoms with Crippen molar-refractivity contribution >= 4 is 29.9 Å². The summed E-state index contributed by atoms with van der Waals surface area (Å²) in [5, 5.41) is 3.91. The lowest BCUT2D eigenvalue weighted by Crippen LogP contribution is -2.42. The zero-order valence-corrected chi connectivity index (χ0v) is 14.2. The van der Waals surface area contributed by atoms with Crippen LogP contribution in [0.15, 0.2) is 24.3 Å². The topological polar surface area (TPSA) is 32.3 Å². The highest BCUT2D eigenvalue weighted by atomic mass is 35.5. The molecule has 1 aromatic rings. The van der Waals surface area contributed by atoms with E-state index in [1.54, 1.807) is 0 Å². The van der Waals surface area contributed by atoms with Crippen LogP contribution in [0.2, 0.25) is 5.02 Å². The number of likely N-dealkylation sites (tertiary alicyclic amines) is 1. The van der Waals surface area contributed by atoms with Gasteiger partial charge in [-0.3, -0.25) is 4.79 Å². The first-order valence-electron chi connectivity index (χ1n) is 7.30. The van der Waals surface area contributed by atoms with Crippen LogP contribution in [0, 0.1) is 5.92 Å². The highest BCUT2D eigenvalue weighted by molar-refractivity contribution is 6.30. The molecule has 0 aliphatic carbocycles. The van der Waals surface area contributed by atoms with Gasteiger partial charge in [0, 0.05) is 18.1 Å². The molecule has 2 rings (SSSR count). The highest BCUT2D eigenvalue weighted by Crippen LogP contribution is 2.24. The maximum atomic E-state index is 12.5. The Morgan fingerprint density at radius 2 is 2.10 bits per heavy atom. The third-order valence-corrected chi connectivity index (χ3v) is 4.37. The van der Waals surface area contributed by atoms with Crippen LogP contribution in [0.1, 0.15) is 31.2 Å². The fourth-order valence-electron chi connectivity index (χ4n) is 2.84. The maximum absolute atomic E-state index is 12.5. The fraction of sp³-hybridized carbons (Fsp3) is 0.562. The van der Waals surface area contributed by atoms with E-state index in [0.29, 0.717) is 10.9 Å². The SMILES string of the molecule is CNCC1CCN(C(=O)C(C)c2cccc(Cl)c2)CC1.Cl. The van der Waals surface area contributed by atoms with Crippen molar-refractivity contribution < 1.29 is 4.79 Å². The van der Waals surface area contributed by atoms with E-state index in [4.69, 9.17) is 11.6 Å². The molecule has 1 N–H and O–H groups in total. The van der Waals surface area contributed by atoms with Gasteiger partial charge in [-0.25, -0.2) is 0 Å². The molecule has 0 bridgehead atoms. The van der Waals surface area contributed by atoms with E-state index in [2.05, 4.69) is 5.32 Å². The summed E-state index contributed by atoms with van der Waals surface area (Å²) >= 11 is 6.00. The minimum atomic E-state index is -0.116. The number of hydrogen-bond acceptors (Lipinski definition) is 2. The molecule has 0 aromatic heterocycles. The van der Waals surface area contributed by atoms with Crippen LogP contribution in [0.3, 0.4) is 0 Å². The lowest BCUT2D eigenvalue weighted by molar-refractivity contribution is -0.133. The second-order valence-electron chi connectivity index (χ2n) is 5.60. The number of amides is 1. The molecule has 1 unspecified atom stereocenters. The zero-order valence-electron chi connectivity index (χ0n) is 12.6. The van der Waals surface area contributed by atoms with Crippen molar-refractivity contribution in [2.24, 2.45) is 5.92 Å². The van der Waals surface area contributed by atoms with Gasteiger partial charge >= 0.3 is 0 Å². The summed E-state index contributed by atoms with van der Waals surface area (Å²) < 4.78 is 0. The van der Waals surface area contributed by atoms with Gasteiger partial charge < -0.3 is 10.2 Å². The van der Waals surface area contributed by atoms with Crippen molar-refractivity contribution in [3.8, 4) is 0 Å². The van der Waals surface area contributed by atoms with Gasteiger partial charge in [-0.15, -0.1) is 12.4 Å². The number of nitrogens with zero attached hydrogens (tertiary/aromatic N) is 1. The number of benzene rings is 1. The lowest BCUT2D eigenvalue weighted by Gasteiger charge is -2.33. The predicted octanol–water partition coefficient (Wildman–Crippen LogP) is 3.32. The third-order valence-electron chi connectivity index (χ3n) is 4.14. The summed E-state index contributed by atoms with van der Waals surface area (Å²) in [5.41, 5.74) is 1.000. The molecule has 3 nitrogen and oxygen atoms in total. The van der Waals surface area contributed by atoms with Crippen LogP contribution in [0.25, 0.3) is 0 Å². The molecule has 1 amide bonds. The molecule has 1 heterocycles. The van der Waals surface area contributed by atoms with Gasteiger partial charge in [0.25, 0.3) is 0 Å². The van der Waals surface area contributed by atoms with E-state index in [0.717, 1.165) is 38.0 Å². The molecule has 1 aliphatic rings. The quantitative estimate of drug-likeness (QED) is 0.918. The maximum Gasteiger partial charge on any atom is 0.229 e. The van der Waals surface area contributed by atoms with Crippen LogP contribution in [0.4, 0.5) is 0 Å². The second-order valence-corrected chi connectivity index (χ2v) is 6.04. The first-order chi connectivity index (χ1) is 9.61. The van der Waals surface area contributed by atoms with Gasteiger partial charge in [-0.1, -0.05) is 23.7 Å². The number of nitrogens with one attached hydrogen (secondary N) is 1. The van der Waals surface area contributed by atoms with Crippen LogP contribution in [0.5, 0.6) is 0 Å². The molecule has 1 saturated heterocycles. The van der Waals surface area contributed by atoms with Gasteiger partial charge in [0.2, 0.25) is 5.91 Å². The van der Waals surface area contributed by atoms with Gasteiger partial charge in [0.1, 0.15) is 0 Å². The monoisotopic (exact) mass is 330 g/mol. The average molecular weight is 331 g/mol. The number of rotatable bonds is 4. The van der Waals surface area contributed by atoms with Crippen LogP contribution in [-0.4, -0.2) is 37.5 Å². The van der Waals surface area contributed by atoms with Gasteiger partial charge in [0.15, 0.2) is 0 Å². The second kappa shape index (κ2) is 8.62. The Morgan fingerprint density at radius 1 is 1.43 bits per heavy atom. The molecule has 0 spiro atoms. The van der Waals surface area contributed by atoms with Crippen LogP contribution >= 0.6 is 24.0 Å². The summed E-state index contributed by atoms with van der Waals surface area (Å²) in [5.74, 6) is 0.801. The van der Waals surface area contributed by atoms with Crippen molar-refractivity contribution in [2.45, 2.75) is 25.7 Å². The molecule has 1 aliphatic heterocycles. The van der Waals surface area contributed by atoms with Gasteiger partial charge in [0.05, 0.1) is 5.92 Å². The normalized spacial score (nSPS) is 17.2. The largest absolute Gasteiger partial charge is 0.342 e. The number of piperidine rings is 1. The number of halogens is 2. The summed E-state index contributed by atoms with van der Waals surface area (Å²) in [6.45, 7) is 4.76. The van der Waals surface area contributed by atoms with Crippen LogP contribution in [-0.2, 0) is 4.79 Å². The molecule has 1 aromatic carbocycles. The Balaban J connectivity index is 0.00000220. The third kappa shape index (κ3) is 4.87. The van der Waals surface area contributed by atoms with Crippen molar-refractivity contribution in [1.29, 1.82) is 0 Å². The van der Waals surface area contributed by atoms with E-state index in [1.807, 2.05) is 43.1 Å². The minimum absolute atomic E-state index is 0. The fourth-order valence-corrected chi connectivity index (χ4v) is 3.04. The van der Waals surface area contributed by atoms with E-state index in [-0.39, 0.29) is 24.2 Å². The van der Waals surface area contributed by atoms with Gasteiger partial charge in [-0.05, 0) is 57.0 Å². The molecular formula is C16H24Cl2N2O. The molecular weight excluding hydrogens is 307 g/mol. The first-order valence-corrected chi connectivity index (χ1v) is 7.68. The Kier molecular flexibility index (Phi) is 7.50. The first kappa shape index (κ1) is 18.3. The Labute approximate surface area is 138 Å². The van der Waals surface area contributed by atoms with Gasteiger partial charge in [-0.2, -0.15) is 0 Å². The molecule has 1 atom stereocenters. The van der Waals surface area contributed by atoms with Crippen molar-refractivity contribution in [1.82, 2.24) is 10.2 Å². The Hall–Kier alpha value is -0.770. The number of carbonyl (C=O) groups excluding carboxylic acids is 1. The molecule has 0 saturated carbocycles. The lowest BCUT2D eigenvalue weighted by atomic mass is 9.94. The molecule has 5 heteroatoms. The molecule has 118 valence electrons. The Morgan fingerprint density at radius 3 is 2.67 bits per heavy atom. The molecule has 0 radical (unpaired) electrons. The molecule has 1 fully saturated rings. The minimum Gasteiger partial charge on any atom is -0.342 e. The van der Waals surface area contributed by atoms with E-state index >= 15 is 0 Å². The highest BCUT2D eigenvalue weighted by Gasteiger charge is 2.26. The standard InChI is InChI=1S/C16H23ClN2O.ClH/c1-12(14-4-3-5-15(17)10-14)16(20)19-8-6-13(7-9-19)11-18-2;/h3-5,10,12-13,18H,6-9,11H2,1-2H3;1H. The van der Waals surface area contributed by atoms with Crippen molar-refractivity contribution in [2.75, 3.05) is 26.7 Å². The van der Waals surface area contributed by atoms with Crippen molar-refractivity contribution in [3.63, 3.8) is 0 Å². The summed E-state index contributed by atoms with van der Waals surface area (Å²) in [7, 11) is 1.98. The van der Waals surface area contributed by atoms with E-state index in [1.165, 1.54) is 0 Å². The van der Waals surface area contributed by atoms with E-state index in [9.17, 15) is 4.79 Å².